The van der Waals surface area contributed by atoms with Crippen molar-refractivity contribution in [1.82, 2.24) is 9.88 Å². The summed E-state index contributed by atoms with van der Waals surface area (Å²) in [5.74, 6) is -2.53. The van der Waals surface area contributed by atoms with Gasteiger partial charge in [-0.1, -0.05) is 6.07 Å². The highest BCUT2D eigenvalue weighted by atomic mass is 16.5. The number of anilines is 1. The van der Waals surface area contributed by atoms with Crippen LogP contribution in [0.2, 0.25) is 0 Å². The maximum Gasteiger partial charge on any atom is 0.284 e. The lowest BCUT2D eigenvalue weighted by molar-refractivity contribution is -0.124. The van der Waals surface area contributed by atoms with Gasteiger partial charge in [0.2, 0.25) is 5.91 Å². The molecule has 3 aromatic rings. The fourth-order valence-electron chi connectivity index (χ4n) is 3.69. The number of amides is 5. The summed E-state index contributed by atoms with van der Waals surface area (Å²) in [6, 6.07) is 13.7. The summed E-state index contributed by atoms with van der Waals surface area (Å²) in [6.07, 6.45) is 1.44. The first-order valence-corrected chi connectivity index (χ1v) is 9.52. The van der Waals surface area contributed by atoms with Crippen LogP contribution in [-0.2, 0) is 4.79 Å². The SMILES string of the molecule is CC(=O)N1C(=O)c2ccc(Oc3cccc(N4C(=O)c5cccnc5C4=O)c3)cc2C1=O. The molecule has 0 spiro atoms. The topological polar surface area (TPSA) is 114 Å². The van der Waals surface area contributed by atoms with Gasteiger partial charge in [0.05, 0.1) is 22.4 Å². The summed E-state index contributed by atoms with van der Waals surface area (Å²) < 4.78 is 5.80. The zero-order valence-corrected chi connectivity index (χ0v) is 16.6. The Kier molecular flexibility index (Phi) is 4.19. The van der Waals surface area contributed by atoms with Gasteiger partial charge in [0.25, 0.3) is 23.6 Å². The highest BCUT2D eigenvalue weighted by Crippen LogP contribution is 2.33. The Labute approximate surface area is 180 Å². The molecule has 0 radical (unpaired) electrons. The minimum absolute atomic E-state index is 0.0604. The molecule has 2 aromatic carbocycles. The van der Waals surface area contributed by atoms with Gasteiger partial charge >= 0.3 is 0 Å². The quantitative estimate of drug-likeness (QED) is 0.591. The van der Waals surface area contributed by atoms with Gasteiger partial charge in [-0.15, -0.1) is 0 Å². The van der Waals surface area contributed by atoms with Crippen molar-refractivity contribution in [2.45, 2.75) is 6.92 Å². The molecule has 0 unspecified atom stereocenters. The van der Waals surface area contributed by atoms with Crippen molar-refractivity contribution in [2.75, 3.05) is 4.90 Å². The molecule has 2 aliphatic rings. The molecule has 2 aliphatic heterocycles. The molecule has 3 heterocycles. The fraction of sp³-hybridized carbons (Fsp3) is 0.0435. The average Bonchev–Trinajstić information content (AvgIpc) is 3.18. The molecule has 32 heavy (non-hydrogen) atoms. The molecule has 0 bridgehead atoms. The van der Waals surface area contributed by atoms with Gasteiger partial charge in [0.1, 0.15) is 17.2 Å². The standard InChI is InChI=1S/C23H13N3O6/c1-12(27)25-20(28)16-8-7-15(11-18(16)22(25)30)32-14-5-2-4-13(10-14)26-21(29)17-6-3-9-24-19(17)23(26)31/h2-11H,1H3. The van der Waals surface area contributed by atoms with Crippen molar-refractivity contribution in [3.05, 3.63) is 83.2 Å². The minimum Gasteiger partial charge on any atom is -0.457 e. The first-order chi connectivity index (χ1) is 15.4. The number of benzene rings is 2. The number of hydrogen-bond donors (Lipinski definition) is 0. The fourth-order valence-corrected chi connectivity index (χ4v) is 3.69. The summed E-state index contributed by atoms with van der Waals surface area (Å²) in [5, 5.41) is 0. The van der Waals surface area contributed by atoms with Gasteiger partial charge in [-0.05, 0) is 42.5 Å². The van der Waals surface area contributed by atoms with Crippen LogP contribution in [0.25, 0.3) is 0 Å². The lowest BCUT2D eigenvalue weighted by atomic mass is 10.1. The van der Waals surface area contributed by atoms with E-state index < -0.39 is 29.5 Å². The largest absolute Gasteiger partial charge is 0.457 e. The number of rotatable bonds is 3. The normalized spacial score (nSPS) is 14.7. The van der Waals surface area contributed by atoms with Crippen molar-refractivity contribution >= 4 is 35.2 Å². The van der Waals surface area contributed by atoms with Crippen molar-refractivity contribution in [1.29, 1.82) is 0 Å². The van der Waals surface area contributed by atoms with Crippen molar-refractivity contribution in [3.63, 3.8) is 0 Å². The highest BCUT2D eigenvalue weighted by molar-refractivity contribution is 6.33. The predicted molar refractivity (Wildman–Crippen MR) is 110 cm³/mol. The van der Waals surface area contributed by atoms with Crippen LogP contribution >= 0.6 is 0 Å². The monoisotopic (exact) mass is 427 g/mol. The maximum absolute atomic E-state index is 12.7. The van der Waals surface area contributed by atoms with Gasteiger partial charge in [-0.25, -0.2) is 9.80 Å². The predicted octanol–water partition coefficient (Wildman–Crippen LogP) is 2.82. The van der Waals surface area contributed by atoms with Crippen LogP contribution < -0.4 is 9.64 Å². The second-order valence-corrected chi connectivity index (χ2v) is 7.12. The number of carbonyl (C=O) groups excluding carboxylic acids is 5. The summed E-state index contributed by atoms with van der Waals surface area (Å²) in [7, 11) is 0. The van der Waals surface area contributed by atoms with Crippen LogP contribution in [0, 0.1) is 0 Å². The number of hydrogen-bond acceptors (Lipinski definition) is 7. The smallest absolute Gasteiger partial charge is 0.284 e. The van der Waals surface area contributed by atoms with Crippen LogP contribution in [0.5, 0.6) is 11.5 Å². The molecule has 5 rings (SSSR count). The van der Waals surface area contributed by atoms with Crippen molar-refractivity contribution in [3.8, 4) is 11.5 Å². The highest BCUT2D eigenvalue weighted by Gasteiger charge is 2.39. The second-order valence-electron chi connectivity index (χ2n) is 7.12. The maximum atomic E-state index is 12.7. The van der Waals surface area contributed by atoms with Crippen molar-refractivity contribution < 1.29 is 28.7 Å². The van der Waals surface area contributed by atoms with E-state index >= 15 is 0 Å². The van der Waals surface area contributed by atoms with Crippen LogP contribution in [0.3, 0.4) is 0 Å². The summed E-state index contributed by atoms with van der Waals surface area (Å²) >= 11 is 0. The number of pyridine rings is 1. The Morgan fingerprint density at radius 2 is 1.53 bits per heavy atom. The molecule has 0 N–H and O–H groups in total. The van der Waals surface area contributed by atoms with Crippen LogP contribution in [0.1, 0.15) is 48.5 Å². The Hall–Kier alpha value is -4.66. The van der Waals surface area contributed by atoms with Crippen LogP contribution in [-0.4, -0.2) is 39.4 Å². The van der Waals surface area contributed by atoms with E-state index in [2.05, 4.69) is 4.98 Å². The van der Waals surface area contributed by atoms with Gasteiger partial charge < -0.3 is 4.74 Å². The number of nitrogens with zero attached hydrogens (tertiary/aromatic N) is 3. The van der Waals surface area contributed by atoms with E-state index in [9.17, 15) is 24.0 Å². The molecular weight excluding hydrogens is 414 g/mol. The molecule has 0 saturated carbocycles. The average molecular weight is 427 g/mol. The lowest BCUT2D eigenvalue weighted by Gasteiger charge is -2.15. The van der Waals surface area contributed by atoms with E-state index in [1.54, 1.807) is 24.3 Å². The zero-order chi connectivity index (χ0) is 22.6. The first-order valence-electron chi connectivity index (χ1n) is 9.52. The van der Waals surface area contributed by atoms with Gasteiger partial charge in [0, 0.05) is 19.2 Å². The Bertz CT molecular complexity index is 1340. The summed E-state index contributed by atoms with van der Waals surface area (Å²) in [6.45, 7) is 1.14. The van der Waals surface area contributed by atoms with Crippen molar-refractivity contribution in [2.24, 2.45) is 0 Å². The molecule has 156 valence electrons. The molecular formula is C23H13N3O6. The molecule has 5 amide bonds. The van der Waals surface area contributed by atoms with Crippen LogP contribution in [0.15, 0.2) is 60.8 Å². The van der Waals surface area contributed by atoms with Gasteiger partial charge in [-0.2, -0.15) is 0 Å². The number of ether oxygens (including phenoxy) is 1. The lowest BCUT2D eigenvalue weighted by Crippen LogP contribution is -2.33. The molecule has 0 saturated heterocycles. The number of fused-ring (bicyclic) bond motifs is 2. The molecule has 0 fully saturated rings. The van der Waals surface area contributed by atoms with E-state index in [-0.39, 0.29) is 28.1 Å². The second kappa shape index (κ2) is 6.95. The molecule has 0 aliphatic carbocycles. The van der Waals surface area contributed by atoms with Crippen LogP contribution in [0.4, 0.5) is 5.69 Å². The summed E-state index contributed by atoms with van der Waals surface area (Å²) in [5.41, 5.74) is 0.780. The Morgan fingerprint density at radius 1 is 0.781 bits per heavy atom. The van der Waals surface area contributed by atoms with Gasteiger partial charge in [-0.3, -0.25) is 29.0 Å². The third-order valence-corrected chi connectivity index (χ3v) is 5.13. The van der Waals surface area contributed by atoms with E-state index in [1.165, 1.54) is 36.5 Å². The zero-order valence-electron chi connectivity index (χ0n) is 16.6. The van der Waals surface area contributed by atoms with E-state index in [0.29, 0.717) is 16.3 Å². The van der Waals surface area contributed by atoms with E-state index in [4.69, 9.17) is 4.74 Å². The summed E-state index contributed by atoms with van der Waals surface area (Å²) in [4.78, 5) is 67.2. The molecule has 9 nitrogen and oxygen atoms in total. The number of aromatic nitrogens is 1. The molecule has 1 aromatic heterocycles. The number of carbonyl (C=O) groups is 5. The Morgan fingerprint density at radius 3 is 2.28 bits per heavy atom. The molecule has 9 heteroatoms. The molecule has 0 atom stereocenters. The first kappa shape index (κ1) is 19.3. The van der Waals surface area contributed by atoms with E-state index in [1.807, 2.05) is 0 Å². The Balaban J connectivity index is 1.44. The minimum atomic E-state index is -0.713. The third kappa shape index (κ3) is 2.79. The van der Waals surface area contributed by atoms with E-state index in [0.717, 1.165) is 11.8 Å². The number of imide groups is 4. The van der Waals surface area contributed by atoms with Gasteiger partial charge in [0.15, 0.2) is 0 Å². The third-order valence-electron chi connectivity index (χ3n) is 5.13.